The molecule has 0 radical (unpaired) electrons. The van der Waals surface area contributed by atoms with Crippen molar-refractivity contribution in [2.75, 3.05) is 13.2 Å². The van der Waals surface area contributed by atoms with Crippen LogP contribution in [0.25, 0.3) is 0 Å². The van der Waals surface area contributed by atoms with E-state index in [2.05, 4.69) is 6.92 Å². The van der Waals surface area contributed by atoms with E-state index in [1.54, 1.807) is 0 Å². The molecule has 0 aliphatic carbocycles. The maximum atomic E-state index is 9.46. The Hall–Kier alpha value is -0.240. The van der Waals surface area contributed by atoms with E-state index in [9.17, 15) is 5.11 Å². The van der Waals surface area contributed by atoms with E-state index in [4.69, 9.17) is 23.7 Å². The van der Waals surface area contributed by atoms with E-state index < -0.39 is 17.4 Å². The summed E-state index contributed by atoms with van der Waals surface area (Å²) in [6, 6.07) is 0. The minimum Gasteiger partial charge on any atom is -0.396 e. The van der Waals surface area contributed by atoms with Gasteiger partial charge in [0.25, 0.3) is 0 Å². The highest BCUT2D eigenvalue weighted by Crippen LogP contribution is 2.49. The summed E-state index contributed by atoms with van der Waals surface area (Å²) < 4.78 is 30.5. The predicted octanol–water partition coefficient (Wildman–Crippen LogP) is 2.18. The zero-order valence-corrected chi connectivity index (χ0v) is 14.8. The average Bonchev–Trinajstić information content (AvgIpc) is 2.91. The lowest BCUT2D eigenvalue weighted by Crippen LogP contribution is -2.58. The molecule has 23 heavy (non-hydrogen) atoms. The molecule has 0 saturated carbocycles. The van der Waals surface area contributed by atoms with Crippen LogP contribution >= 0.6 is 0 Å². The highest BCUT2D eigenvalue weighted by molar-refractivity contribution is 5.03. The van der Waals surface area contributed by atoms with Crippen molar-refractivity contribution < 1.29 is 28.8 Å². The molecular formula is C17H30O6. The third kappa shape index (κ3) is 3.30. The van der Waals surface area contributed by atoms with Crippen molar-refractivity contribution in [3.63, 3.8) is 0 Å². The van der Waals surface area contributed by atoms with Crippen molar-refractivity contribution in [1.82, 2.24) is 0 Å². The van der Waals surface area contributed by atoms with Gasteiger partial charge in [-0.1, -0.05) is 13.3 Å². The molecule has 3 rings (SSSR count). The molecule has 1 N–H and O–H groups in total. The molecule has 6 heteroatoms. The van der Waals surface area contributed by atoms with Crippen LogP contribution in [0, 0.1) is 5.92 Å². The molecule has 3 heterocycles. The number of ether oxygens (including phenoxy) is 5. The first-order valence-electron chi connectivity index (χ1n) is 8.69. The van der Waals surface area contributed by atoms with Crippen LogP contribution < -0.4 is 0 Å². The predicted molar refractivity (Wildman–Crippen MR) is 82.6 cm³/mol. The second kappa shape index (κ2) is 5.93. The smallest absolute Gasteiger partial charge is 0.200 e. The van der Waals surface area contributed by atoms with Gasteiger partial charge in [0.05, 0.1) is 6.61 Å². The van der Waals surface area contributed by atoms with E-state index in [1.807, 2.05) is 27.7 Å². The Labute approximate surface area is 138 Å². The summed E-state index contributed by atoms with van der Waals surface area (Å²) in [4.78, 5) is 0. The Morgan fingerprint density at radius 3 is 2.48 bits per heavy atom. The van der Waals surface area contributed by atoms with Crippen LogP contribution in [-0.2, 0) is 23.7 Å². The highest BCUT2D eigenvalue weighted by atomic mass is 16.9. The summed E-state index contributed by atoms with van der Waals surface area (Å²) in [5.41, 5.74) is 0. The number of aliphatic hydroxyl groups is 1. The molecule has 0 bridgehead atoms. The fourth-order valence-corrected chi connectivity index (χ4v) is 3.89. The minimum absolute atomic E-state index is 0.138. The Balaban J connectivity index is 1.79. The van der Waals surface area contributed by atoms with Gasteiger partial charge in [0, 0.05) is 13.0 Å². The summed E-state index contributed by atoms with van der Waals surface area (Å²) in [6.07, 6.45) is 1.77. The summed E-state index contributed by atoms with van der Waals surface area (Å²) >= 11 is 0. The monoisotopic (exact) mass is 330 g/mol. The highest BCUT2D eigenvalue weighted by Gasteiger charge is 2.64. The van der Waals surface area contributed by atoms with Gasteiger partial charge in [-0.15, -0.1) is 0 Å². The molecule has 3 fully saturated rings. The van der Waals surface area contributed by atoms with Gasteiger partial charge >= 0.3 is 0 Å². The van der Waals surface area contributed by atoms with E-state index in [-0.39, 0.29) is 30.8 Å². The maximum absolute atomic E-state index is 9.46. The first-order valence-corrected chi connectivity index (χ1v) is 8.69. The third-order valence-corrected chi connectivity index (χ3v) is 5.01. The molecule has 0 aromatic heterocycles. The van der Waals surface area contributed by atoms with Crippen molar-refractivity contribution in [2.24, 2.45) is 5.92 Å². The summed E-state index contributed by atoms with van der Waals surface area (Å²) in [5.74, 6) is -1.94. The van der Waals surface area contributed by atoms with Gasteiger partial charge in [-0.25, -0.2) is 0 Å². The fourth-order valence-electron chi connectivity index (χ4n) is 3.89. The molecule has 0 aromatic rings. The van der Waals surface area contributed by atoms with Crippen molar-refractivity contribution in [2.45, 2.75) is 89.6 Å². The molecule has 3 aliphatic rings. The summed E-state index contributed by atoms with van der Waals surface area (Å²) in [6.45, 7) is 10.3. The molecule has 134 valence electrons. The number of hydrogen-bond acceptors (Lipinski definition) is 6. The Morgan fingerprint density at radius 1 is 1.09 bits per heavy atom. The lowest BCUT2D eigenvalue weighted by molar-refractivity contribution is -0.285. The quantitative estimate of drug-likeness (QED) is 0.833. The largest absolute Gasteiger partial charge is 0.396 e. The Bertz CT molecular complexity index is 433. The normalized spacial score (nSPS) is 42.3. The van der Waals surface area contributed by atoms with Gasteiger partial charge in [-0.2, -0.15) is 0 Å². The van der Waals surface area contributed by atoms with Crippen LogP contribution in [0.2, 0.25) is 0 Å². The van der Waals surface area contributed by atoms with Crippen LogP contribution in [0.4, 0.5) is 0 Å². The molecule has 6 nitrogen and oxygen atoms in total. The molecule has 0 spiro atoms. The van der Waals surface area contributed by atoms with Crippen LogP contribution in [0.1, 0.15) is 53.9 Å². The fraction of sp³-hybridized carbons (Fsp3) is 1.00. The maximum Gasteiger partial charge on any atom is 0.200 e. The molecule has 0 amide bonds. The lowest BCUT2D eigenvalue weighted by atomic mass is 9.90. The van der Waals surface area contributed by atoms with Gasteiger partial charge in [0.15, 0.2) is 11.6 Å². The first kappa shape index (κ1) is 17.6. The Kier molecular flexibility index (Phi) is 4.53. The van der Waals surface area contributed by atoms with Gasteiger partial charge in [0.2, 0.25) is 5.79 Å². The topological polar surface area (TPSA) is 66.4 Å². The minimum atomic E-state index is -0.822. The van der Waals surface area contributed by atoms with Crippen molar-refractivity contribution in [1.29, 1.82) is 0 Å². The van der Waals surface area contributed by atoms with E-state index in [0.29, 0.717) is 13.0 Å². The van der Waals surface area contributed by atoms with Crippen molar-refractivity contribution in [3.05, 3.63) is 0 Å². The van der Waals surface area contributed by atoms with Crippen LogP contribution in [-0.4, -0.2) is 54.0 Å². The molecule has 0 aromatic carbocycles. The molecule has 0 unspecified atom stereocenters. The molecule has 5 atom stereocenters. The number of aliphatic hydroxyl groups excluding tert-OH is 1. The SMILES string of the molecule is CC[C@@H](CO)CC[C@@]12OC[C@H]3OC(C)(C)O[C@H]3[C@@H]1OC(C)(C)O2. The van der Waals surface area contributed by atoms with Crippen molar-refractivity contribution in [3.8, 4) is 0 Å². The van der Waals surface area contributed by atoms with Gasteiger partial charge in [-0.05, 0) is 40.0 Å². The van der Waals surface area contributed by atoms with E-state index >= 15 is 0 Å². The number of hydrogen-bond donors (Lipinski definition) is 1. The van der Waals surface area contributed by atoms with Gasteiger partial charge < -0.3 is 28.8 Å². The molecule has 3 aliphatic heterocycles. The number of rotatable bonds is 5. The zero-order valence-electron chi connectivity index (χ0n) is 14.8. The van der Waals surface area contributed by atoms with Crippen molar-refractivity contribution >= 4 is 0 Å². The number of fused-ring (bicyclic) bond motifs is 3. The van der Waals surface area contributed by atoms with Crippen LogP contribution in [0.15, 0.2) is 0 Å². The van der Waals surface area contributed by atoms with E-state index in [1.165, 1.54) is 0 Å². The lowest BCUT2D eigenvalue weighted by Gasteiger charge is -2.41. The average molecular weight is 330 g/mol. The summed E-state index contributed by atoms with van der Waals surface area (Å²) in [7, 11) is 0. The molecular weight excluding hydrogens is 300 g/mol. The van der Waals surface area contributed by atoms with Crippen LogP contribution in [0.5, 0.6) is 0 Å². The molecule has 3 saturated heterocycles. The van der Waals surface area contributed by atoms with E-state index in [0.717, 1.165) is 12.8 Å². The second-order valence-electron chi connectivity index (χ2n) is 7.80. The van der Waals surface area contributed by atoms with Gasteiger partial charge in [-0.3, -0.25) is 0 Å². The van der Waals surface area contributed by atoms with Gasteiger partial charge in [0.1, 0.15) is 18.3 Å². The Morgan fingerprint density at radius 2 is 1.83 bits per heavy atom. The summed E-state index contributed by atoms with van der Waals surface area (Å²) in [5, 5.41) is 9.46. The third-order valence-electron chi connectivity index (χ3n) is 5.01. The first-order chi connectivity index (χ1) is 10.7. The zero-order chi connectivity index (χ0) is 16.9. The second-order valence-corrected chi connectivity index (χ2v) is 7.80. The van der Waals surface area contributed by atoms with Crippen LogP contribution in [0.3, 0.4) is 0 Å². The standard InChI is InChI=1S/C17H30O6/c1-6-11(9-18)7-8-17-14(22-16(4,5)23-17)13-12(10-19-17)20-15(2,3)21-13/h11-14,18H,6-10H2,1-5H3/t11-,12-,13-,14+,17+/m1/s1.